The topological polar surface area (TPSA) is 100 Å². The Bertz CT molecular complexity index is 1250. The number of carbonyl (C=O) groups is 1. The van der Waals surface area contributed by atoms with Crippen molar-refractivity contribution in [2.45, 2.75) is 66.2 Å². The number of nitrogens with one attached hydrogen (secondary N) is 1. The molecule has 4 atom stereocenters. The molecule has 0 aromatic carbocycles. The number of esters is 1. The van der Waals surface area contributed by atoms with E-state index in [0.29, 0.717) is 30.0 Å². The van der Waals surface area contributed by atoms with Gasteiger partial charge in [0, 0.05) is 19.8 Å². The lowest BCUT2D eigenvalue weighted by molar-refractivity contribution is -0.0516. The molecule has 3 N–H and O–H groups in total. The van der Waals surface area contributed by atoms with E-state index in [-0.39, 0.29) is 16.8 Å². The Kier molecular flexibility index (Phi) is 7.49. The molecule has 2 aliphatic carbocycles. The van der Waals surface area contributed by atoms with Crippen LogP contribution in [0.5, 0.6) is 0 Å². The molecule has 2 aromatic rings. The number of fused-ring (bicyclic) bond motifs is 2. The van der Waals surface area contributed by atoms with Crippen molar-refractivity contribution < 1.29 is 9.53 Å². The summed E-state index contributed by atoms with van der Waals surface area (Å²) in [6.07, 6.45) is 14.8. The Balaban J connectivity index is 1.25. The average molecular weight is 533 g/mol. The highest BCUT2D eigenvalue weighted by Crippen LogP contribution is 2.62. The number of rotatable bonds is 8. The second kappa shape index (κ2) is 10.7. The van der Waals surface area contributed by atoms with Gasteiger partial charge < -0.3 is 25.3 Å². The van der Waals surface area contributed by atoms with E-state index in [4.69, 9.17) is 10.5 Å². The van der Waals surface area contributed by atoms with Crippen LogP contribution < -0.4 is 15.5 Å². The predicted molar refractivity (Wildman–Crippen MR) is 157 cm³/mol. The fourth-order valence-corrected chi connectivity index (χ4v) is 7.45. The summed E-state index contributed by atoms with van der Waals surface area (Å²) in [5, 5.41) is 0. The fraction of sp³-hybridized carbons (Fsp3) is 0.581. The van der Waals surface area contributed by atoms with Gasteiger partial charge in [-0.25, -0.2) is 14.8 Å². The number of aromatic amines is 1. The Morgan fingerprint density at radius 2 is 2.13 bits per heavy atom. The van der Waals surface area contributed by atoms with E-state index in [1.807, 2.05) is 13.1 Å². The number of nitrogen functional groups attached to an aromatic ring is 1. The molecule has 0 amide bonds. The number of anilines is 3. The molecule has 3 heterocycles. The first-order valence-corrected chi connectivity index (χ1v) is 14.4. The molecule has 5 rings (SSSR count). The molecule has 0 spiro atoms. The van der Waals surface area contributed by atoms with Crippen LogP contribution in [0.15, 0.2) is 48.0 Å². The molecule has 0 radical (unpaired) electrons. The van der Waals surface area contributed by atoms with Crippen molar-refractivity contribution in [3.63, 3.8) is 0 Å². The molecular formula is C31H44N6O2. The lowest BCUT2D eigenvalue weighted by atomic mass is 9.47. The first-order chi connectivity index (χ1) is 18.6. The molecule has 0 bridgehead atoms. The number of H-pyrrole nitrogens is 1. The highest BCUT2D eigenvalue weighted by Gasteiger charge is 2.53. The van der Waals surface area contributed by atoms with Crippen molar-refractivity contribution in [1.29, 1.82) is 0 Å². The molecular weight excluding hydrogens is 488 g/mol. The number of hydrogen-bond donors (Lipinski definition) is 2. The minimum atomic E-state index is -0.278. The van der Waals surface area contributed by atoms with Crippen LogP contribution in [-0.4, -0.2) is 47.8 Å². The zero-order valence-electron chi connectivity index (χ0n) is 24.2. The predicted octanol–water partition coefficient (Wildman–Crippen LogP) is 5.96. The van der Waals surface area contributed by atoms with Gasteiger partial charge in [-0.2, -0.15) is 0 Å². The first-order valence-electron chi connectivity index (χ1n) is 14.4. The summed E-state index contributed by atoms with van der Waals surface area (Å²) in [6, 6.07) is 3.59. The normalized spacial score (nSPS) is 28.6. The van der Waals surface area contributed by atoms with Gasteiger partial charge in [-0.05, 0) is 85.8 Å². The van der Waals surface area contributed by atoms with Gasteiger partial charge in [-0.1, -0.05) is 38.5 Å². The molecule has 1 aliphatic heterocycles. The molecule has 1 fully saturated rings. The maximum Gasteiger partial charge on any atom is 0.355 e. The third-order valence-corrected chi connectivity index (χ3v) is 10.2. The van der Waals surface area contributed by atoms with Crippen LogP contribution in [0.2, 0.25) is 0 Å². The highest BCUT2D eigenvalue weighted by atomic mass is 16.5. The minimum absolute atomic E-state index is 0.0640. The number of hydrogen-bond acceptors (Lipinski definition) is 7. The standard InChI is InChI=1S/C31H44N6O2/c1-21(13-17-37-20-36(5)28-26(37)27(32)34-19-35-28)11-14-30(3)22(2)12-15-31(4)23(8-6-10-25(30)31)18-39-29(38)24-9-7-16-33-24/h7-9,13,16,19,22,25,33H,6,10-12,14-15,17-18,20H2,1-5H3,(H2,32,34,35)/t22-,25-,30+,31-/m0/s1. The van der Waals surface area contributed by atoms with Gasteiger partial charge in [-0.3, -0.25) is 0 Å². The largest absolute Gasteiger partial charge is 0.456 e. The zero-order valence-corrected chi connectivity index (χ0v) is 24.2. The Hall–Kier alpha value is -3.29. The molecule has 39 heavy (non-hydrogen) atoms. The zero-order chi connectivity index (χ0) is 27.8. The van der Waals surface area contributed by atoms with Gasteiger partial charge in [0.05, 0.1) is 6.67 Å². The molecule has 1 saturated carbocycles. The van der Waals surface area contributed by atoms with E-state index in [1.165, 1.54) is 30.3 Å². The van der Waals surface area contributed by atoms with Crippen molar-refractivity contribution in [2.75, 3.05) is 42.4 Å². The van der Waals surface area contributed by atoms with Crippen LogP contribution in [-0.2, 0) is 4.74 Å². The molecule has 0 saturated heterocycles. The summed E-state index contributed by atoms with van der Waals surface area (Å²) in [4.78, 5) is 28.5. The first kappa shape index (κ1) is 27.3. The second-order valence-corrected chi connectivity index (χ2v) is 12.4. The van der Waals surface area contributed by atoms with Gasteiger partial charge in [0.1, 0.15) is 24.3 Å². The molecule has 3 aliphatic rings. The number of ether oxygens (including phenoxy) is 1. The third-order valence-electron chi connectivity index (χ3n) is 10.2. The fourth-order valence-electron chi connectivity index (χ4n) is 7.45. The summed E-state index contributed by atoms with van der Waals surface area (Å²) < 4.78 is 5.78. The number of aromatic nitrogens is 3. The summed E-state index contributed by atoms with van der Waals surface area (Å²) in [6.45, 7) is 11.6. The number of nitrogens with zero attached hydrogens (tertiary/aromatic N) is 4. The average Bonchev–Trinajstić information content (AvgIpc) is 3.57. The molecule has 8 nitrogen and oxygen atoms in total. The van der Waals surface area contributed by atoms with Crippen LogP contribution in [0.3, 0.4) is 0 Å². The quantitative estimate of drug-likeness (QED) is 0.319. The Morgan fingerprint density at radius 3 is 2.90 bits per heavy atom. The van der Waals surface area contributed by atoms with Gasteiger partial charge in [0.15, 0.2) is 11.6 Å². The lowest BCUT2D eigenvalue weighted by Crippen LogP contribution is -2.50. The maximum absolute atomic E-state index is 12.5. The van der Waals surface area contributed by atoms with Gasteiger partial charge in [0.25, 0.3) is 0 Å². The van der Waals surface area contributed by atoms with Crippen LogP contribution in [0.1, 0.15) is 76.7 Å². The van der Waals surface area contributed by atoms with Crippen LogP contribution in [0.4, 0.5) is 17.3 Å². The van der Waals surface area contributed by atoms with Crippen LogP contribution in [0, 0.1) is 22.7 Å². The van der Waals surface area contributed by atoms with Crippen molar-refractivity contribution in [3.8, 4) is 0 Å². The number of carbonyl (C=O) groups excluding carboxylic acids is 1. The second-order valence-electron chi connectivity index (χ2n) is 12.4. The van der Waals surface area contributed by atoms with E-state index in [1.54, 1.807) is 12.3 Å². The number of allylic oxidation sites excluding steroid dienone is 2. The van der Waals surface area contributed by atoms with E-state index >= 15 is 0 Å². The number of nitrogens with two attached hydrogens (primary N) is 1. The smallest absolute Gasteiger partial charge is 0.355 e. The third kappa shape index (κ3) is 5.06. The molecule has 0 unspecified atom stereocenters. The SMILES string of the molecule is CC(=CCN1CN(C)c2ncnc(N)c21)CC[C@]1(C)[C@@H](C)CC[C@@]2(C)C(COC(=O)c3ccc[nH]3)=CCC[C@@H]12. The van der Waals surface area contributed by atoms with Crippen molar-refractivity contribution >= 4 is 23.3 Å². The van der Waals surface area contributed by atoms with Crippen molar-refractivity contribution in [3.05, 3.63) is 53.6 Å². The molecule has 210 valence electrons. The highest BCUT2D eigenvalue weighted by molar-refractivity contribution is 5.87. The monoisotopic (exact) mass is 532 g/mol. The molecule has 2 aromatic heterocycles. The summed E-state index contributed by atoms with van der Waals surface area (Å²) >= 11 is 0. The van der Waals surface area contributed by atoms with Crippen molar-refractivity contribution in [2.24, 2.45) is 22.7 Å². The van der Waals surface area contributed by atoms with E-state index < -0.39 is 0 Å². The van der Waals surface area contributed by atoms with E-state index in [2.05, 4.69) is 64.6 Å². The Morgan fingerprint density at radius 1 is 1.31 bits per heavy atom. The molecule has 8 heteroatoms. The lowest BCUT2D eigenvalue weighted by Gasteiger charge is -2.58. The van der Waals surface area contributed by atoms with Gasteiger partial charge in [0.2, 0.25) is 0 Å². The van der Waals surface area contributed by atoms with Gasteiger partial charge >= 0.3 is 5.97 Å². The van der Waals surface area contributed by atoms with E-state index in [0.717, 1.165) is 50.4 Å². The summed E-state index contributed by atoms with van der Waals surface area (Å²) in [7, 11) is 2.04. The van der Waals surface area contributed by atoms with Gasteiger partial charge in [-0.15, -0.1) is 0 Å². The van der Waals surface area contributed by atoms with Crippen LogP contribution >= 0.6 is 0 Å². The van der Waals surface area contributed by atoms with Crippen LogP contribution in [0.25, 0.3) is 0 Å². The maximum atomic E-state index is 12.5. The summed E-state index contributed by atoms with van der Waals surface area (Å²) in [5.74, 6) is 2.38. The van der Waals surface area contributed by atoms with E-state index in [9.17, 15) is 4.79 Å². The minimum Gasteiger partial charge on any atom is -0.456 e. The Labute approximate surface area is 232 Å². The van der Waals surface area contributed by atoms with Crippen molar-refractivity contribution in [1.82, 2.24) is 15.0 Å². The summed E-state index contributed by atoms with van der Waals surface area (Å²) in [5.41, 5.74) is 10.6.